The predicted molar refractivity (Wildman–Crippen MR) is 207 cm³/mol. The average Bonchev–Trinajstić information content (AvgIpc) is 3.15. The largest absolute Gasteiger partial charge is 0.490 e. The van der Waals surface area contributed by atoms with Crippen molar-refractivity contribution >= 4 is 11.9 Å². The Balaban J connectivity index is 1.93. The molecule has 3 rings (SSSR count). The molecule has 0 atom stereocenters. The maximum absolute atomic E-state index is 12.0. The van der Waals surface area contributed by atoms with E-state index in [2.05, 4.69) is 69.5 Å². The summed E-state index contributed by atoms with van der Waals surface area (Å²) in [5.41, 5.74) is 8.34. The Morgan fingerprint density at radius 1 is 0.635 bits per heavy atom. The minimum atomic E-state index is -0.485. The maximum Gasteiger partial charge on any atom is 0.333 e. The first-order valence-electron chi connectivity index (χ1n) is 18.6. The van der Waals surface area contributed by atoms with Crippen LogP contribution in [-0.2, 0) is 51.2 Å². The highest BCUT2D eigenvalue weighted by atomic mass is 16.6. The van der Waals surface area contributed by atoms with Gasteiger partial charge in [0.15, 0.2) is 0 Å². The Hall–Kier alpha value is -4.40. The van der Waals surface area contributed by atoms with Gasteiger partial charge in [-0.1, -0.05) is 82.3 Å². The molecule has 0 unspecified atom stereocenters. The summed E-state index contributed by atoms with van der Waals surface area (Å²) in [5.74, 6) is -0.0828. The molecule has 0 aliphatic rings. The van der Waals surface area contributed by atoms with Gasteiger partial charge in [-0.25, -0.2) is 9.59 Å². The zero-order chi connectivity index (χ0) is 37.9. The molecule has 0 spiro atoms. The molecule has 0 bridgehead atoms. The molecule has 0 aliphatic heterocycles. The van der Waals surface area contributed by atoms with Crippen molar-refractivity contribution in [1.29, 1.82) is 0 Å². The molecule has 0 aliphatic carbocycles. The number of aliphatic hydroxyl groups is 2. The summed E-state index contributed by atoms with van der Waals surface area (Å²) in [4.78, 5) is 24.0. The molecule has 3 aromatic carbocycles. The Morgan fingerprint density at radius 2 is 1.19 bits per heavy atom. The van der Waals surface area contributed by atoms with Crippen LogP contribution in [0.5, 0.6) is 11.5 Å². The van der Waals surface area contributed by atoms with E-state index in [1.165, 1.54) is 36.0 Å². The molecule has 0 heterocycles. The molecule has 8 nitrogen and oxygen atoms in total. The molecule has 0 fully saturated rings. The first kappa shape index (κ1) is 42.0. The number of unbranched alkanes of at least 4 members (excludes halogenated alkanes) is 2. The fraction of sp³-hybridized carbons (Fsp3) is 0.455. The molecule has 3 aromatic rings. The van der Waals surface area contributed by atoms with Gasteiger partial charge in [0.25, 0.3) is 0 Å². The van der Waals surface area contributed by atoms with Gasteiger partial charge in [0.2, 0.25) is 0 Å². The van der Waals surface area contributed by atoms with Crippen molar-refractivity contribution in [3.8, 4) is 22.6 Å². The summed E-state index contributed by atoms with van der Waals surface area (Å²) in [6.45, 7) is 14.8. The fourth-order valence-corrected chi connectivity index (χ4v) is 5.78. The number of esters is 2. The number of carbonyl (C=O) groups excluding carboxylic acids is 2. The SMILES string of the molecule is C=C(C)C(=O)OCCOc1cc(-c2ccc(CCc3ccc(CCCCC)cc3)cc2CC)c(OCCOC(=O)C(=C)C)cc1CCC(CO)CO. The van der Waals surface area contributed by atoms with Gasteiger partial charge in [0, 0.05) is 35.8 Å². The van der Waals surface area contributed by atoms with Gasteiger partial charge in [-0.2, -0.15) is 0 Å². The number of rotatable bonds is 24. The monoisotopic (exact) mass is 714 g/mol. The van der Waals surface area contributed by atoms with Crippen molar-refractivity contribution in [3.63, 3.8) is 0 Å². The third kappa shape index (κ3) is 13.6. The minimum Gasteiger partial charge on any atom is -0.490 e. The zero-order valence-electron chi connectivity index (χ0n) is 31.6. The molecule has 8 heteroatoms. The van der Waals surface area contributed by atoms with Crippen LogP contribution in [0.4, 0.5) is 0 Å². The lowest BCUT2D eigenvalue weighted by atomic mass is 9.91. The van der Waals surface area contributed by atoms with Gasteiger partial charge in [0.1, 0.15) is 37.9 Å². The lowest BCUT2D eigenvalue weighted by molar-refractivity contribution is -0.140. The van der Waals surface area contributed by atoms with E-state index >= 15 is 0 Å². The van der Waals surface area contributed by atoms with Crippen LogP contribution in [-0.4, -0.2) is 61.8 Å². The summed E-state index contributed by atoms with van der Waals surface area (Å²) < 4.78 is 23.1. The van der Waals surface area contributed by atoms with E-state index in [-0.39, 0.29) is 45.6 Å². The number of ether oxygens (including phenoxy) is 4. The van der Waals surface area contributed by atoms with Crippen molar-refractivity contribution < 1.29 is 38.7 Å². The number of benzene rings is 3. The van der Waals surface area contributed by atoms with Crippen LogP contribution >= 0.6 is 0 Å². The van der Waals surface area contributed by atoms with Crippen molar-refractivity contribution in [2.24, 2.45) is 5.92 Å². The quantitative estimate of drug-likeness (QED) is 0.0546. The first-order chi connectivity index (χ1) is 25.1. The summed E-state index contributed by atoms with van der Waals surface area (Å²) in [7, 11) is 0. The van der Waals surface area contributed by atoms with E-state index in [0.29, 0.717) is 35.5 Å². The maximum atomic E-state index is 12.0. The second-order valence-electron chi connectivity index (χ2n) is 13.4. The average molecular weight is 715 g/mol. The van der Waals surface area contributed by atoms with E-state index in [1.807, 2.05) is 12.1 Å². The highest BCUT2D eigenvalue weighted by Gasteiger charge is 2.19. The summed E-state index contributed by atoms with van der Waals surface area (Å²) in [6, 6.07) is 19.4. The van der Waals surface area contributed by atoms with Crippen LogP contribution in [0, 0.1) is 5.92 Å². The van der Waals surface area contributed by atoms with Crippen LogP contribution in [0.2, 0.25) is 0 Å². The molecule has 0 aromatic heterocycles. The summed E-state index contributed by atoms with van der Waals surface area (Å²) in [6.07, 6.45) is 8.49. The topological polar surface area (TPSA) is 112 Å². The van der Waals surface area contributed by atoms with Gasteiger partial charge in [-0.05, 0) is 104 Å². The third-order valence-corrected chi connectivity index (χ3v) is 8.98. The van der Waals surface area contributed by atoms with Crippen LogP contribution < -0.4 is 9.47 Å². The van der Waals surface area contributed by atoms with Crippen molar-refractivity contribution in [1.82, 2.24) is 0 Å². The molecule has 0 amide bonds. The fourth-order valence-electron chi connectivity index (χ4n) is 5.78. The number of carbonyl (C=O) groups is 2. The second-order valence-corrected chi connectivity index (χ2v) is 13.4. The number of aliphatic hydroxyl groups excluding tert-OH is 2. The third-order valence-electron chi connectivity index (χ3n) is 8.98. The first-order valence-corrected chi connectivity index (χ1v) is 18.6. The number of hydrogen-bond acceptors (Lipinski definition) is 8. The molecule has 0 saturated carbocycles. The smallest absolute Gasteiger partial charge is 0.333 e. The number of aryl methyl sites for hydroxylation is 5. The van der Waals surface area contributed by atoms with Crippen LogP contribution in [0.3, 0.4) is 0 Å². The molecule has 0 saturated heterocycles. The molecule has 2 N–H and O–H groups in total. The highest BCUT2D eigenvalue weighted by molar-refractivity contribution is 5.87. The standard InChI is InChI=1S/C44H58O8/c1-7-9-10-11-33-12-14-34(15-13-33)16-17-35-19-21-39(37(8-2)26-35)40-28-41(49-22-24-51-43(47)31(3)4)38(20-18-36(29-45)30-46)27-42(40)50-23-25-52-44(48)32(5)6/h12-15,19,21,26-28,36,45-46H,3,5,7-11,16-18,20,22-25,29-30H2,1-2,4,6H3. The summed E-state index contributed by atoms with van der Waals surface area (Å²) >= 11 is 0. The van der Waals surface area contributed by atoms with Crippen molar-refractivity contribution in [2.75, 3.05) is 39.6 Å². The van der Waals surface area contributed by atoms with E-state index in [4.69, 9.17) is 18.9 Å². The summed E-state index contributed by atoms with van der Waals surface area (Å²) in [5, 5.41) is 19.5. The molecule has 0 radical (unpaired) electrons. The Kier molecular flexibility index (Phi) is 18.2. The molecule has 282 valence electrons. The van der Waals surface area contributed by atoms with E-state index in [9.17, 15) is 19.8 Å². The van der Waals surface area contributed by atoms with E-state index < -0.39 is 11.9 Å². The van der Waals surface area contributed by atoms with Gasteiger partial charge in [-0.3, -0.25) is 0 Å². The minimum absolute atomic E-state index is 0.0409. The van der Waals surface area contributed by atoms with Crippen molar-refractivity contribution in [3.05, 3.63) is 107 Å². The molecular formula is C44H58O8. The van der Waals surface area contributed by atoms with Crippen LogP contribution in [0.1, 0.15) is 81.2 Å². The highest BCUT2D eigenvalue weighted by Crippen LogP contribution is 2.39. The van der Waals surface area contributed by atoms with Gasteiger partial charge in [-0.15, -0.1) is 0 Å². The Morgan fingerprint density at radius 3 is 1.75 bits per heavy atom. The molecule has 52 heavy (non-hydrogen) atoms. The van der Waals surface area contributed by atoms with Crippen molar-refractivity contribution in [2.45, 2.75) is 85.5 Å². The normalized spacial score (nSPS) is 11.0. The predicted octanol–water partition coefficient (Wildman–Crippen LogP) is 7.96. The lowest BCUT2D eigenvalue weighted by Crippen LogP contribution is -2.15. The zero-order valence-corrected chi connectivity index (χ0v) is 31.6. The lowest BCUT2D eigenvalue weighted by Gasteiger charge is -2.21. The van der Waals surface area contributed by atoms with Crippen LogP contribution in [0.25, 0.3) is 11.1 Å². The second kappa shape index (κ2) is 22.5. The Bertz CT molecular complexity index is 1600. The molecular weight excluding hydrogens is 656 g/mol. The van der Waals surface area contributed by atoms with Gasteiger partial charge in [0.05, 0.1) is 0 Å². The number of hydrogen-bond donors (Lipinski definition) is 2. The van der Waals surface area contributed by atoms with Gasteiger partial charge < -0.3 is 29.2 Å². The van der Waals surface area contributed by atoms with Gasteiger partial charge >= 0.3 is 11.9 Å². The Labute approximate surface area is 310 Å². The van der Waals surface area contributed by atoms with Crippen LogP contribution in [0.15, 0.2) is 78.9 Å². The van der Waals surface area contributed by atoms with E-state index in [0.717, 1.165) is 47.9 Å². The van der Waals surface area contributed by atoms with E-state index in [1.54, 1.807) is 13.8 Å².